The topological polar surface area (TPSA) is 44.5 Å². The van der Waals surface area contributed by atoms with Crippen LogP contribution in [-0.4, -0.2) is 32.0 Å². The smallest absolute Gasteiger partial charge is 0.0639 e. The summed E-state index contributed by atoms with van der Waals surface area (Å²) in [7, 11) is 1.94. The van der Waals surface area contributed by atoms with Gasteiger partial charge in [0.25, 0.3) is 0 Å². The van der Waals surface area contributed by atoms with E-state index >= 15 is 0 Å². The van der Waals surface area contributed by atoms with Crippen molar-refractivity contribution in [3.63, 3.8) is 0 Å². The van der Waals surface area contributed by atoms with Gasteiger partial charge >= 0.3 is 0 Å². The van der Waals surface area contributed by atoms with Crippen molar-refractivity contribution in [1.82, 2.24) is 0 Å². The number of rotatable bonds is 5. The summed E-state index contributed by atoms with van der Waals surface area (Å²) in [4.78, 5) is 0. The molecule has 3 aliphatic carbocycles. The van der Waals surface area contributed by atoms with E-state index in [1.54, 1.807) is 0 Å². The maximum Gasteiger partial charge on any atom is 0.0639 e. The van der Waals surface area contributed by atoms with E-state index < -0.39 is 0 Å². The molecule has 3 saturated carbocycles. The summed E-state index contributed by atoms with van der Waals surface area (Å²) in [6.07, 6.45) is 12.8. The van der Waals surface area contributed by atoms with Crippen LogP contribution in [0.25, 0.3) is 0 Å². The predicted octanol–water partition coefficient (Wildman–Crippen LogP) is 3.75. The van der Waals surface area contributed by atoms with Gasteiger partial charge in [-0.25, -0.2) is 0 Å². The van der Waals surface area contributed by atoms with E-state index in [1.165, 1.54) is 51.4 Å². The second kappa shape index (κ2) is 7.63. The second-order valence-electron chi connectivity index (χ2n) is 7.89. The van der Waals surface area contributed by atoms with Gasteiger partial charge in [0, 0.05) is 13.2 Å². The first kappa shape index (κ1) is 16.7. The van der Waals surface area contributed by atoms with Gasteiger partial charge < -0.3 is 15.2 Å². The van der Waals surface area contributed by atoms with Gasteiger partial charge in [-0.15, -0.1) is 0 Å². The Balaban J connectivity index is 1.78. The lowest BCUT2D eigenvalue weighted by atomic mass is 9.57. The molecule has 5 unspecified atom stereocenters. The van der Waals surface area contributed by atoms with E-state index in [4.69, 9.17) is 15.2 Å². The van der Waals surface area contributed by atoms with Crippen molar-refractivity contribution in [2.75, 3.05) is 13.7 Å². The molecule has 22 heavy (non-hydrogen) atoms. The molecule has 0 bridgehead atoms. The van der Waals surface area contributed by atoms with Gasteiger partial charge in [0.1, 0.15) is 0 Å². The van der Waals surface area contributed by atoms with Crippen LogP contribution in [0.4, 0.5) is 0 Å². The molecule has 0 aliphatic heterocycles. The largest absolute Gasteiger partial charge is 0.381 e. The quantitative estimate of drug-likeness (QED) is 0.841. The molecule has 0 radical (unpaired) electrons. The average molecular weight is 309 g/mol. The molecule has 3 fully saturated rings. The number of hydrogen-bond acceptors (Lipinski definition) is 3. The maximum absolute atomic E-state index is 6.49. The van der Waals surface area contributed by atoms with Crippen molar-refractivity contribution < 1.29 is 9.47 Å². The summed E-state index contributed by atoms with van der Waals surface area (Å²) in [6.45, 7) is 2.90. The standard InChI is InChI=1S/C19H35NO2/c1-3-13(20)12-22-19-16-10-6-4-8-14(16)18(21-2)15-9-5-7-11-17(15)19/h13-19H,3-12,20H2,1-2H3. The summed E-state index contributed by atoms with van der Waals surface area (Å²) in [5.74, 6) is 2.87. The molecule has 0 aromatic rings. The van der Waals surface area contributed by atoms with E-state index in [9.17, 15) is 0 Å². The van der Waals surface area contributed by atoms with E-state index in [0.717, 1.165) is 24.9 Å². The molecule has 128 valence electrons. The van der Waals surface area contributed by atoms with Crippen molar-refractivity contribution in [3.05, 3.63) is 0 Å². The fourth-order valence-electron chi connectivity index (χ4n) is 5.59. The average Bonchev–Trinajstić information content (AvgIpc) is 2.58. The first-order chi connectivity index (χ1) is 10.8. The minimum absolute atomic E-state index is 0.198. The third-order valence-corrected chi connectivity index (χ3v) is 6.74. The molecule has 3 heteroatoms. The monoisotopic (exact) mass is 309 g/mol. The summed E-state index contributed by atoms with van der Waals surface area (Å²) >= 11 is 0. The van der Waals surface area contributed by atoms with Crippen LogP contribution in [0.5, 0.6) is 0 Å². The molecule has 0 aromatic heterocycles. The molecule has 3 rings (SSSR count). The van der Waals surface area contributed by atoms with Gasteiger partial charge in [0.05, 0.1) is 18.8 Å². The Bertz CT molecular complexity index is 324. The van der Waals surface area contributed by atoms with Crippen LogP contribution in [0.3, 0.4) is 0 Å². The highest BCUT2D eigenvalue weighted by Gasteiger charge is 2.51. The number of nitrogens with two attached hydrogens (primary N) is 1. The summed E-state index contributed by atoms with van der Waals surface area (Å²) in [6, 6.07) is 0.198. The van der Waals surface area contributed by atoms with Crippen molar-refractivity contribution in [2.45, 2.75) is 83.0 Å². The molecule has 0 saturated heterocycles. The lowest BCUT2D eigenvalue weighted by Crippen LogP contribution is -2.56. The highest BCUT2D eigenvalue weighted by molar-refractivity contribution is 5.01. The fraction of sp³-hybridized carbons (Fsp3) is 1.00. The molecule has 3 nitrogen and oxygen atoms in total. The Kier molecular flexibility index (Phi) is 5.80. The van der Waals surface area contributed by atoms with Crippen LogP contribution in [0.15, 0.2) is 0 Å². The zero-order chi connectivity index (χ0) is 15.5. The Hall–Kier alpha value is -0.120. The lowest BCUT2D eigenvalue weighted by Gasteiger charge is -2.54. The van der Waals surface area contributed by atoms with Crippen LogP contribution in [0.1, 0.15) is 64.7 Å². The number of fused-ring (bicyclic) bond motifs is 2. The molecular formula is C19H35NO2. The predicted molar refractivity (Wildman–Crippen MR) is 89.7 cm³/mol. The Morgan fingerprint density at radius 2 is 1.32 bits per heavy atom. The van der Waals surface area contributed by atoms with Gasteiger partial charge in [-0.05, 0) is 55.8 Å². The molecule has 3 aliphatic rings. The minimum Gasteiger partial charge on any atom is -0.381 e. The van der Waals surface area contributed by atoms with Crippen LogP contribution in [-0.2, 0) is 9.47 Å². The van der Waals surface area contributed by atoms with Crippen LogP contribution in [0, 0.1) is 23.7 Å². The zero-order valence-corrected chi connectivity index (χ0v) is 14.5. The SMILES string of the molecule is CCC(N)COC1C2CCCCC2C(OC)C2CCCCC21. The van der Waals surface area contributed by atoms with Gasteiger partial charge in [-0.2, -0.15) is 0 Å². The Morgan fingerprint density at radius 1 is 0.864 bits per heavy atom. The van der Waals surface area contributed by atoms with E-state index in [0.29, 0.717) is 24.0 Å². The number of methoxy groups -OCH3 is 1. The number of ether oxygens (including phenoxy) is 2. The molecular weight excluding hydrogens is 274 g/mol. The maximum atomic E-state index is 6.49. The van der Waals surface area contributed by atoms with Crippen molar-refractivity contribution in [2.24, 2.45) is 29.4 Å². The van der Waals surface area contributed by atoms with Crippen LogP contribution >= 0.6 is 0 Å². The third kappa shape index (κ3) is 3.22. The minimum atomic E-state index is 0.198. The summed E-state index contributed by atoms with van der Waals surface area (Å²) in [5.41, 5.74) is 6.13. The highest BCUT2D eigenvalue weighted by Crippen LogP contribution is 2.52. The first-order valence-corrected chi connectivity index (χ1v) is 9.66. The van der Waals surface area contributed by atoms with Crippen LogP contribution in [0.2, 0.25) is 0 Å². The first-order valence-electron chi connectivity index (χ1n) is 9.66. The van der Waals surface area contributed by atoms with Gasteiger partial charge in [0.2, 0.25) is 0 Å². The Morgan fingerprint density at radius 3 is 1.73 bits per heavy atom. The summed E-state index contributed by atoms with van der Waals surface area (Å²) in [5, 5.41) is 0. The molecule has 0 spiro atoms. The fourth-order valence-corrected chi connectivity index (χ4v) is 5.59. The number of hydrogen-bond donors (Lipinski definition) is 1. The van der Waals surface area contributed by atoms with Crippen LogP contribution < -0.4 is 5.73 Å². The van der Waals surface area contributed by atoms with E-state index in [2.05, 4.69) is 6.92 Å². The molecule has 2 N–H and O–H groups in total. The summed E-state index contributed by atoms with van der Waals surface area (Å²) < 4.78 is 12.5. The van der Waals surface area contributed by atoms with Crippen molar-refractivity contribution in [3.8, 4) is 0 Å². The van der Waals surface area contributed by atoms with E-state index in [1.807, 2.05) is 7.11 Å². The Labute approximate surface area is 136 Å². The molecule has 0 aromatic carbocycles. The normalized spacial score (nSPS) is 43.2. The van der Waals surface area contributed by atoms with E-state index in [-0.39, 0.29) is 6.04 Å². The second-order valence-corrected chi connectivity index (χ2v) is 7.89. The molecule has 5 atom stereocenters. The zero-order valence-electron chi connectivity index (χ0n) is 14.5. The lowest BCUT2D eigenvalue weighted by molar-refractivity contribution is -0.174. The highest BCUT2D eigenvalue weighted by atomic mass is 16.5. The molecule has 0 heterocycles. The molecule has 0 amide bonds. The van der Waals surface area contributed by atoms with Gasteiger partial charge in [-0.1, -0.05) is 32.6 Å². The third-order valence-electron chi connectivity index (χ3n) is 6.74. The van der Waals surface area contributed by atoms with Crippen molar-refractivity contribution in [1.29, 1.82) is 0 Å². The van der Waals surface area contributed by atoms with Gasteiger partial charge in [-0.3, -0.25) is 0 Å². The van der Waals surface area contributed by atoms with Crippen molar-refractivity contribution >= 4 is 0 Å². The van der Waals surface area contributed by atoms with Gasteiger partial charge in [0.15, 0.2) is 0 Å².